The zero-order valence-corrected chi connectivity index (χ0v) is 11.2. The number of hydrogen-bond acceptors (Lipinski definition) is 4. The minimum absolute atomic E-state index is 0.498. The highest BCUT2D eigenvalue weighted by Crippen LogP contribution is 2.30. The first kappa shape index (κ1) is 11.2. The van der Waals surface area contributed by atoms with Crippen LogP contribution in [0.2, 0.25) is 0 Å². The van der Waals surface area contributed by atoms with E-state index in [4.69, 9.17) is 0 Å². The Morgan fingerprint density at radius 1 is 1.26 bits per heavy atom. The number of nitrogens with one attached hydrogen (secondary N) is 1. The zero-order chi connectivity index (χ0) is 12.8. The van der Waals surface area contributed by atoms with Crippen molar-refractivity contribution in [3.63, 3.8) is 0 Å². The third-order valence-electron chi connectivity index (χ3n) is 4.17. The van der Waals surface area contributed by atoms with E-state index in [-0.39, 0.29) is 0 Å². The molecule has 2 fully saturated rings. The summed E-state index contributed by atoms with van der Waals surface area (Å²) in [5.74, 6) is 0.761. The quantitative estimate of drug-likeness (QED) is 0.909. The predicted octanol–water partition coefficient (Wildman–Crippen LogP) is 1.69. The number of anilines is 1. The summed E-state index contributed by atoms with van der Waals surface area (Å²) in [6.07, 6.45) is 3.97. The third kappa shape index (κ3) is 2.08. The van der Waals surface area contributed by atoms with Gasteiger partial charge < -0.3 is 5.32 Å². The molecule has 3 heterocycles. The largest absolute Gasteiger partial charge is 0.349 e. The van der Waals surface area contributed by atoms with Crippen molar-refractivity contribution in [2.24, 2.45) is 0 Å². The van der Waals surface area contributed by atoms with E-state index >= 15 is 0 Å². The number of aromatic nitrogens is 3. The number of likely N-dealkylation sites (tertiary alicyclic amines) is 1. The maximum atomic E-state index is 4.54. The molecule has 1 saturated carbocycles. The van der Waals surface area contributed by atoms with Crippen LogP contribution in [0, 0.1) is 6.92 Å². The molecule has 2 aromatic rings. The number of rotatable bonds is 3. The Labute approximate surface area is 112 Å². The molecule has 100 valence electrons. The molecule has 4 rings (SSSR count). The van der Waals surface area contributed by atoms with Crippen LogP contribution in [0.3, 0.4) is 0 Å². The van der Waals surface area contributed by atoms with Gasteiger partial charge in [0.15, 0.2) is 5.65 Å². The van der Waals surface area contributed by atoms with Gasteiger partial charge in [0.25, 0.3) is 0 Å². The summed E-state index contributed by atoms with van der Waals surface area (Å²) >= 11 is 0. The summed E-state index contributed by atoms with van der Waals surface area (Å²) < 4.78 is 1.90. The second kappa shape index (κ2) is 4.20. The minimum atomic E-state index is 0.498. The van der Waals surface area contributed by atoms with E-state index in [0.717, 1.165) is 29.9 Å². The Morgan fingerprint density at radius 2 is 2.16 bits per heavy atom. The fraction of sp³-hybridized carbons (Fsp3) is 0.571. The maximum absolute atomic E-state index is 4.54. The second-order valence-corrected chi connectivity index (χ2v) is 5.73. The van der Waals surface area contributed by atoms with Gasteiger partial charge in [-0.3, -0.25) is 4.90 Å². The van der Waals surface area contributed by atoms with Crippen LogP contribution in [0.15, 0.2) is 18.2 Å². The van der Waals surface area contributed by atoms with Gasteiger partial charge in [0.1, 0.15) is 0 Å². The number of aryl methyl sites for hydroxylation is 1. The molecule has 19 heavy (non-hydrogen) atoms. The van der Waals surface area contributed by atoms with Gasteiger partial charge in [-0.05, 0) is 38.3 Å². The Bertz CT molecular complexity index is 601. The number of fused-ring (bicyclic) bond motifs is 1. The van der Waals surface area contributed by atoms with E-state index in [1.165, 1.54) is 25.8 Å². The summed E-state index contributed by atoms with van der Waals surface area (Å²) in [6, 6.07) is 7.43. The Balaban J connectivity index is 1.50. The van der Waals surface area contributed by atoms with E-state index in [2.05, 4.69) is 33.3 Å². The lowest BCUT2D eigenvalue weighted by Crippen LogP contribution is -2.28. The molecule has 1 saturated heterocycles. The molecule has 0 amide bonds. The van der Waals surface area contributed by atoms with Gasteiger partial charge in [-0.1, -0.05) is 6.07 Å². The van der Waals surface area contributed by atoms with Gasteiger partial charge in [0.05, 0.1) is 0 Å². The molecule has 5 heteroatoms. The highest BCUT2D eigenvalue weighted by molar-refractivity contribution is 5.44. The average Bonchev–Trinajstić information content (AvgIpc) is 3.00. The number of nitrogens with zero attached hydrogens (tertiary/aromatic N) is 4. The molecule has 1 aliphatic carbocycles. The first-order valence-corrected chi connectivity index (χ1v) is 7.12. The summed E-state index contributed by atoms with van der Waals surface area (Å²) in [6.45, 7) is 4.41. The van der Waals surface area contributed by atoms with Crippen LogP contribution in [0.25, 0.3) is 5.65 Å². The monoisotopic (exact) mass is 257 g/mol. The van der Waals surface area contributed by atoms with Gasteiger partial charge in [-0.15, -0.1) is 5.10 Å². The van der Waals surface area contributed by atoms with Crippen LogP contribution in [0.1, 0.15) is 25.0 Å². The van der Waals surface area contributed by atoms with Gasteiger partial charge in [0, 0.05) is 30.9 Å². The van der Waals surface area contributed by atoms with Crippen molar-refractivity contribution in [1.82, 2.24) is 19.5 Å². The smallest absolute Gasteiger partial charge is 0.243 e. The zero-order valence-electron chi connectivity index (χ0n) is 11.2. The number of hydrogen-bond donors (Lipinski definition) is 1. The number of pyridine rings is 1. The van der Waals surface area contributed by atoms with Crippen LogP contribution in [0.5, 0.6) is 0 Å². The molecule has 2 aliphatic rings. The molecule has 1 atom stereocenters. The first-order valence-electron chi connectivity index (χ1n) is 7.12. The highest BCUT2D eigenvalue weighted by Gasteiger charge is 2.34. The van der Waals surface area contributed by atoms with Crippen LogP contribution in [0.4, 0.5) is 5.95 Å². The van der Waals surface area contributed by atoms with Gasteiger partial charge >= 0.3 is 0 Å². The highest BCUT2D eigenvalue weighted by atomic mass is 15.4. The lowest BCUT2D eigenvalue weighted by molar-refractivity contribution is 0.326. The van der Waals surface area contributed by atoms with Crippen LogP contribution in [-0.4, -0.2) is 44.7 Å². The van der Waals surface area contributed by atoms with E-state index < -0.39 is 0 Å². The molecule has 5 nitrogen and oxygen atoms in total. The van der Waals surface area contributed by atoms with Crippen LogP contribution in [-0.2, 0) is 0 Å². The van der Waals surface area contributed by atoms with Gasteiger partial charge in [-0.2, -0.15) is 4.98 Å². The molecular weight excluding hydrogens is 238 g/mol. The topological polar surface area (TPSA) is 45.5 Å². The standard InChI is InChI=1S/C14H19N5/c1-10-3-2-4-13-16-14(17-19(10)13)15-11-7-8-18(9-11)12-5-6-12/h2-4,11-12H,5-9H2,1H3,(H,15,17). The summed E-state index contributed by atoms with van der Waals surface area (Å²) in [4.78, 5) is 7.14. The predicted molar refractivity (Wildman–Crippen MR) is 74.3 cm³/mol. The van der Waals surface area contributed by atoms with Crippen molar-refractivity contribution < 1.29 is 0 Å². The second-order valence-electron chi connectivity index (χ2n) is 5.73. The Morgan fingerprint density at radius 3 is 2.95 bits per heavy atom. The lowest BCUT2D eigenvalue weighted by Gasteiger charge is -2.14. The van der Waals surface area contributed by atoms with Crippen molar-refractivity contribution in [2.75, 3.05) is 18.4 Å². The first-order chi connectivity index (χ1) is 9.29. The summed E-state index contributed by atoms with van der Waals surface area (Å²) in [5, 5.41) is 8.02. The van der Waals surface area contributed by atoms with E-state index in [1.54, 1.807) is 0 Å². The van der Waals surface area contributed by atoms with Gasteiger partial charge in [0.2, 0.25) is 5.95 Å². The van der Waals surface area contributed by atoms with E-state index in [0.29, 0.717) is 6.04 Å². The average molecular weight is 257 g/mol. The molecule has 1 N–H and O–H groups in total. The molecule has 1 unspecified atom stereocenters. The van der Waals surface area contributed by atoms with Crippen LogP contribution >= 0.6 is 0 Å². The lowest BCUT2D eigenvalue weighted by atomic mass is 10.3. The van der Waals surface area contributed by atoms with Crippen molar-refractivity contribution in [2.45, 2.75) is 38.3 Å². The molecule has 0 bridgehead atoms. The summed E-state index contributed by atoms with van der Waals surface area (Å²) in [7, 11) is 0. The summed E-state index contributed by atoms with van der Waals surface area (Å²) in [5.41, 5.74) is 2.03. The molecule has 2 aromatic heterocycles. The van der Waals surface area contributed by atoms with Crippen LogP contribution < -0.4 is 5.32 Å². The minimum Gasteiger partial charge on any atom is -0.349 e. The SMILES string of the molecule is Cc1cccc2nc(NC3CCN(C4CC4)C3)nn12. The van der Waals surface area contributed by atoms with Crippen molar-refractivity contribution >= 4 is 11.6 Å². The van der Waals surface area contributed by atoms with Crippen molar-refractivity contribution in [3.8, 4) is 0 Å². The van der Waals surface area contributed by atoms with Crippen molar-refractivity contribution in [3.05, 3.63) is 23.9 Å². The molecule has 0 aromatic carbocycles. The fourth-order valence-corrected chi connectivity index (χ4v) is 2.96. The van der Waals surface area contributed by atoms with Crippen molar-refractivity contribution in [1.29, 1.82) is 0 Å². The Kier molecular flexibility index (Phi) is 2.48. The van der Waals surface area contributed by atoms with Gasteiger partial charge in [-0.25, -0.2) is 4.52 Å². The molecule has 0 radical (unpaired) electrons. The van der Waals surface area contributed by atoms with E-state index in [1.807, 2.05) is 16.6 Å². The maximum Gasteiger partial charge on any atom is 0.243 e. The fourth-order valence-electron chi connectivity index (χ4n) is 2.96. The van der Waals surface area contributed by atoms with E-state index in [9.17, 15) is 0 Å². The third-order valence-corrected chi connectivity index (χ3v) is 4.17. The molecule has 0 spiro atoms. The molecular formula is C14H19N5. The normalized spacial score (nSPS) is 24.2. The Hall–Kier alpha value is -1.62. The molecule has 1 aliphatic heterocycles.